The molecule has 1 fully saturated rings. The van der Waals surface area contributed by atoms with Crippen molar-refractivity contribution in [3.63, 3.8) is 0 Å². The molecule has 0 amide bonds. The predicted molar refractivity (Wildman–Crippen MR) is 128 cm³/mol. The summed E-state index contributed by atoms with van der Waals surface area (Å²) in [6.07, 6.45) is 4.83. The molecular weight excluding hydrogens is 463 g/mol. The molecule has 1 aromatic carbocycles. The Morgan fingerprint density at radius 2 is 1.89 bits per heavy atom. The van der Waals surface area contributed by atoms with Crippen molar-refractivity contribution in [2.75, 3.05) is 31.1 Å². The highest BCUT2D eigenvalue weighted by molar-refractivity contribution is 14.0. The van der Waals surface area contributed by atoms with Crippen molar-refractivity contribution in [2.45, 2.75) is 39.2 Å². The van der Waals surface area contributed by atoms with Crippen LogP contribution in [0.4, 0.5) is 5.69 Å². The fourth-order valence-electron chi connectivity index (χ4n) is 3.30. The van der Waals surface area contributed by atoms with Crippen LogP contribution in [0, 0.1) is 5.92 Å². The highest BCUT2D eigenvalue weighted by Gasteiger charge is 2.20. The van der Waals surface area contributed by atoms with Crippen LogP contribution in [0.2, 0.25) is 0 Å². The first kappa shape index (κ1) is 22.6. The molecule has 0 aliphatic carbocycles. The molecule has 0 saturated carbocycles. The summed E-state index contributed by atoms with van der Waals surface area (Å²) in [5.74, 6) is 2.48. The average molecular weight is 496 g/mol. The van der Waals surface area contributed by atoms with E-state index in [9.17, 15) is 0 Å². The lowest BCUT2D eigenvalue weighted by molar-refractivity contribution is 0.459. The van der Waals surface area contributed by atoms with Crippen molar-refractivity contribution in [2.24, 2.45) is 10.9 Å². The standard InChI is InChI=1S/C22H32N4O.HI/c1-18(2)17-24-22(23-13-10-21-9-6-16-27-21)25-19-11-14-26(15-12-19)20-7-4-3-5-8-20;/h3-9,16,18-19H,10-15,17H2,1-2H3,(H2,23,24,25);1H. The van der Waals surface area contributed by atoms with Crippen molar-refractivity contribution in [3.05, 3.63) is 54.5 Å². The molecule has 0 unspecified atom stereocenters. The number of nitrogens with zero attached hydrogens (tertiary/aromatic N) is 2. The number of benzene rings is 1. The van der Waals surface area contributed by atoms with Gasteiger partial charge in [-0.3, -0.25) is 4.99 Å². The number of para-hydroxylation sites is 1. The molecule has 1 saturated heterocycles. The number of anilines is 1. The summed E-state index contributed by atoms with van der Waals surface area (Å²) in [5.41, 5.74) is 1.32. The Kier molecular flexibility index (Phi) is 9.67. The number of hydrogen-bond donors (Lipinski definition) is 2. The molecule has 2 N–H and O–H groups in total. The lowest BCUT2D eigenvalue weighted by atomic mass is 10.0. The summed E-state index contributed by atoms with van der Waals surface area (Å²) < 4.78 is 5.41. The van der Waals surface area contributed by atoms with Crippen LogP contribution in [0.1, 0.15) is 32.4 Å². The zero-order valence-electron chi connectivity index (χ0n) is 16.9. The first-order valence-corrected chi connectivity index (χ1v) is 10.1. The fourth-order valence-corrected chi connectivity index (χ4v) is 3.30. The van der Waals surface area contributed by atoms with Gasteiger partial charge in [0.05, 0.1) is 6.26 Å². The van der Waals surface area contributed by atoms with Crippen molar-refractivity contribution in [3.8, 4) is 0 Å². The van der Waals surface area contributed by atoms with Gasteiger partial charge in [0, 0.05) is 44.3 Å². The van der Waals surface area contributed by atoms with E-state index in [-0.39, 0.29) is 24.0 Å². The number of hydrogen-bond acceptors (Lipinski definition) is 3. The summed E-state index contributed by atoms with van der Waals surface area (Å²) in [6, 6.07) is 15.1. The summed E-state index contributed by atoms with van der Waals surface area (Å²) in [7, 11) is 0. The van der Waals surface area contributed by atoms with Gasteiger partial charge in [0.25, 0.3) is 0 Å². The van der Waals surface area contributed by atoms with Gasteiger partial charge in [0.15, 0.2) is 5.96 Å². The highest BCUT2D eigenvalue weighted by atomic mass is 127. The Morgan fingerprint density at radius 3 is 2.54 bits per heavy atom. The maximum Gasteiger partial charge on any atom is 0.191 e. The third-order valence-electron chi connectivity index (χ3n) is 4.82. The molecule has 1 aliphatic rings. The monoisotopic (exact) mass is 496 g/mol. The molecule has 0 radical (unpaired) electrons. The fraction of sp³-hybridized carbons (Fsp3) is 0.500. The molecule has 6 heteroatoms. The summed E-state index contributed by atoms with van der Waals surface area (Å²) >= 11 is 0. The van der Waals surface area contributed by atoms with E-state index in [1.54, 1.807) is 6.26 Å². The first-order chi connectivity index (χ1) is 13.2. The number of aliphatic imine (C=N–C) groups is 1. The summed E-state index contributed by atoms with van der Waals surface area (Å²) in [4.78, 5) is 7.23. The number of piperidine rings is 1. The third kappa shape index (κ3) is 7.37. The van der Waals surface area contributed by atoms with E-state index in [1.165, 1.54) is 5.69 Å². The molecule has 0 spiro atoms. The van der Waals surface area contributed by atoms with Crippen LogP contribution in [-0.2, 0) is 6.42 Å². The largest absolute Gasteiger partial charge is 0.469 e. The Hall–Kier alpha value is -1.70. The average Bonchev–Trinajstić information content (AvgIpc) is 3.21. The van der Waals surface area contributed by atoms with Crippen LogP contribution in [0.5, 0.6) is 0 Å². The van der Waals surface area contributed by atoms with E-state index in [2.05, 4.69) is 59.7 Å². The SMILES string of the molecule is CC(C)CN=C(NCCc1ccco1)NC1CCN(c2ccccc2)CC1.I. The minimum Gasteiger partial charge on any atom is -0.469 e. The van der Waals surface area contributed by atoms with Gasteiger partial charge in [-0.2, -0.15) is 0 Å². The predicted octanol–water partition coefficient (Wildman–Crippen LogP) is 4.30. The van der Waals surface area contributed by atoms with Crippen LogP contribution in [0.25, 0.3) is 0 Å². The molecule has 2 aromatic rings. The molecule has 1 aromatic heterocycles. The van der Waals surface area contributed by atoms with Gasteiger partial charge in [-0.25, -0.2) is 0 Å². The molecule has 1 aliphatic heterocycles. The lowest BCUT2D eigenvalue weighted by Gasteiger charge is -2.34. The highest BCUT2D eigenvalue weighted by Crippen LogP contribution is 2.19. The Balaban J connectivity index is 0.00000280. The van der Waals surface area contributed by atoms with Crippen LogP contribution >= 0.6 is 24.0 Å². The first-order valence-electron chi connectivity index (χ1n) is 10.1. The van der Waals surface area contributed by atoms with Gasteiger partial charge in [-0.15, -0.1) is 24.0 Å². The van der Waals surface area contributed by atoms with Crippen LogP contribution in [-0.4, -0.2) is 38.2 Å². The van der Waals surface area contributed by atoms with Crippen LogP contribution in [0.3, 0.4) is 0 Å². The minimum absolute atomic E-state index is 0. The van der Waals surface area contributed by atoms with Crippen LogP contribution < -0.4 is 15.5 Å². The second kappa shape index (κ2) is 12.0. The number of halogens is 1. The zero-order chi connectivity index (χ0) is 18.9. The van der Waals surface area contributed by atoms with Crippen molar-refractivity contribution >= 4 is 35.6 Å². The van der Waals surface area contributed by atoms with Gasteiger partial charge in [0.1, 0.15) is 5.76 Å². The topological polar surface area (TPSA) is 52.8 Å². The number of guanidine groups is 1. The van der Waals surface area contributed by atoms with Crippen molar-refractivity contribution in [1.29, 1.82) is 0 Å². The smallest absolute Gasteiger partial charge is 0.191 e. The lowest BCUT2D eigenvalue weighted by Crippen LogP contribution is -2.49. The number of nitrogens with one attached hydrogen (secondary N) is 2. The molecular formula is C22H33IN4O. The number of rotatable bonds is 7. The molecule has 0 atom stereocenters. The van der Waals surface area contributed by atoms with E-state index in [1.807, 2.05) is 12.1 Å². The Bertz CT molecular complexity index is 680. The normalized spacial score (nSPS) is 15.4. The van der Waals surface area contributed by atoms with Gasteiger partial charge in [-0.05, 0) is 43.0 Å². The Morgan fingerprint density at radius 1 is 1.14 bits per heavy atom. The molecule has 28 heavy (non-hydrogen) atoms. The van der Waals surface area contributed by atoms with E-state index in [0.29, 0.717) is 12.0 Å². The van der Waals surface area contributed by atoms with Gasteiger partial charge < -0.3 is 20.0 Å². The molecule has 154 valence electrons. The minimum atomic E-state index is 0. The van der Waals surface area contributed by atoms with E-state index < -0.39 is 0 Å². The van der Waals surface area contributed by atoms with E-state index in [4.69, 9.17) is 9.41 Å². The van der Waals surface area contributed by atoms with Crippen molar-refractivity contribution in [1.82, 2.24) is 10.6 Å². The zero-order valence-corrected chi connectivity index (χ0v) is 19.3. The van der Waals surface area contributed by atoms with Crippen LogP contribution in [0.15, 0.2) is 58.1 Å². The second-order valence-corrected chi connectivity index (χ2v) is 7.58. The molecule has 5 nitrogen and oxygen atoms in total. The van der Waals surface area contributed by atoms with E-state index in [0.717, 1.165) is 57.2 Å². The summed E-state index contributed by atoms with van der Waals surface area (Å²) in [5, 5.41) is 7.11. The third-order valence-corrected chi connectivity index (χ3v) is 4.82. The van der Waals surface area contributed by atoms with Crippen molar-refractivity contribution < 1.29 is 4.42 Å². The number of furan rings is 1. The quantitative estimate of drug-likeness (QED) is 0.341. The second-order valence-electron chi connectivity index (χ2n) is 7.58. The summed E-state index contributed by atoms with van der Waals surface area (Å²) in [6.45, 7) is 8.20. The molecule has 2 heterocycles. The van der Waals surface area contributed by atoms with E-state index >= 15 is 0 Å². The Labute approximate surface area is 186 Å². The maximum absolute atomic E-state index is 5.41. The van der Waals surface area contributed by atoms with Gasteiger partial charge in [0.2, 0.25) is 0 Å². The van der Waals surface area contributed by atoms with Gasteiger partial charge >= 0.3 is 0 Å². The van der Waals surface area contributed by atoms with Gasteiger partial charge in [-0.1, -0.05) is 32.0 Å². The molecule has 3 rings (SSSR count). The maximum atomic E-state index is 5.41. The molecule has 0 bridgehead atoms.